The Morgan fingerprint density at radius 2 is 2.19 bits per heavy atom. The summed E-state index contributed by atoms with van der Waals surface area (Å²) in [7, 11) is -1.64. The van der Waals surface area contributed by atoms with E-state index in [1.807, 2.05) is 0 Å². The van der Waals surface area contributed by atoms with E-state index in [4.69, 9.17) is 0 Å². The molecule has 8 heteroatoms. The molecule has 1 atom stereocenters. The second kappa shape index (κ2) is 4.56. The molecule has 1 heterocycles. The van der Waals surface area contributed by atoms with Gasteiger partial charge in [0.15, 0.2) is 0 Å². The summed E-state index contributed by atoms with van der Waals surface area (Å²) in [6, 6.07) is 2.95. The minimum absolute atomic E-state index is 0.169. The van der Waals surface area contributed by atoms with Crippen molar-refractivity contribution >= 4 is 52.0 Å². The molecule has 0 bridgehead atoms. The Hall–Kier alpha value is -0.235. The summed E-state index contributed by atoms with van der Waals surface area (Å²) in [5.41, 5.74) is 1.21. The highest BCUT2D eigenvalue weighted by Gasteiger charge is 2.21. The summed E-state index contributed by atoms with van der Waals surface area (Å²) in [5.74, 6) is -0.317. The van der Waals surface area contributed by atoms with Crippen molar-refractivity contribution < 1.29 is 14.4 Å². The van der Waals surface area contributed by atoms with Gasteiger partial charge in [-0.05, 0) is 40.6 Å². The molecule has 1 unspecified atom stereocenters. The Morgan fingerprint density at radius 1 is 1.50 bits per heavy atom. The van der Waals surface area contributed by atoms with Gasteiger partial charge in [0, 0.05) is 11.5 Å². The van der Waals surface area contributed by atoms with Crippen molar-refractivity contribution in [2.45, 2.75) is 6.92 Å². The van der Waals surface area contributed by atoms with Crippen LogP contribution in [0, 0.1) is 12.7 Å². The molecule has 0 fully saturated rings. The number of aromatic nitrogens is 2. The summed E-state index contributed by atoms with van der Waals surface area (Å²) in [4.78, 5) is 0. The molecule has 16 heavy (non-hydrogen) atoms. The second-order valence-corrected chi connectivity index (χ2v) is 5.41. The lowest BCUT2D eigenvalue weighted by atomic mass is 9.83. The lowest BCUT2D eigenvalue weighted by molar-refractivity contribution is 0.424. The Labute approximate surface area is 106 Å². The van der Waals surface area contributed by atoms with Crippen LogP contribution >= 0.6 is 28.4 Å². The quantitative estimate of drug-likeness (QED) is 0.481. The van der Waals surface area contributed by atoms with Crippen molar-refractivity contribution in [1.29, 1.82) is 0 Å². The number of hydrogen-bond donors (Lipinski definition) is 2. The van der Waals surface area contributed by atoms with Gasteiger partial charge >= 0.3 is 7.12 Å². The molecule has 2 N–H and O–H groups in total. The van der Waals surface area contributed by atoms with Gasteiger partial charge in [0.25, 0.3) is 0 Å². The number of rotatable bonds is 2. The average molecular weight is 352 g/mol. The fourth-order valence-corrected chi connectivity index (χ4v) is 3.05. The zero-order valence-corrected chi connectivity index (χ0v) is 11.4. The lowest BCUT2D eigenvalue weighted by Gasteiger charge is -1.99. The highest BCUT2D eigenvalue weighted by atomic mass is 127. The van der Waals surface area contributed by atoms with E-state index >= 15 is 0 Å². The van der Waals surface area contributed by atoms with Crippen LogP contribution in [0.3, 0.4) is 0 Å². The number of halogens is 2. The van der Waals surface area contributed by atoms with Gasteiger partial charge in [0.2, 0.25) is 0 Å². The predicted molar refractivity (Wildman–Crippen MR) is 72.0 cm³/mol. The zero-order valence-electron chi connectivity index (χ0n) is 8.28. The molecule has 0 aliphatic heterocycles. The lowest BCUT2D eigenvalue weighted by Crippen LogP contribution is -2.31. The van der Waals surface area contributed by atoms with Crippen LogP contribution in [-0.2, 0) is 0 Å². The molecule has 4 nitrogen and oxygen atoms in total. The topological polar surface area (TPSA) is 58.3 Å². The maximum absolute atomic E-state index is 13.4. The van der Waals surface area contributed by atoms with Crippen LogP contribution in [0.1, 0.15) is 5.56 Å². The van der Waals surface area contributed by atoms with Crippen LogP contribution in [0.15, 0.2) is 12.1 Å². The Balaban J connectivity index is 2.80. The smallest absolute Gasteiger partial charge is 0.422 e. The summed E-state index contributed by atoms with van der Waals surface area (Å²) in [6.45, 7) is 1.63. The molecule has 1 aromatic heterocycles. The minimum atomic E-state index is -1.64. The molecule has 0 saturated carbocycles. The number of aryl methyl sites for hydroxylation is 1. The number of benzene rings is 1. The molecule has 0 aliphatic carbocycles. The molecule has 0 saturated heterocycles. The van der Waals surface area contributed by atoms with Crippen molar-refractivity contribution in [3.05, 3.63) is 23.5 Å². The molecule has 2 rings (SSSR count). The summed E-state index contributed by atoms with van der Waals surface area (Å²) in [6.07, 6.45) is 0.277. The Morgan fingerprint density at radius 3 is 2.75 bits per heavy atom. The van der Waals surface area contributed by atoms with Crippen molar-refractivity contribution in [2.24, 2.45) is 0 Å². The highest BCUT2D eigenvalue weighted by molar-refractivity contribution is 14.2. The maximum atomic E-state index is 13.4. The van der Waals surface area contributed by atoms with E-state index in [-0.39, 0.29) is 17.8 Å². The monoisotopic (exact) mass is 352 g/mol. The van der Waals surface area contributed by atoms with Crippen molar-refractivity contribution in [1.82, 2.24) is 9.55 Å². The number of nitrogens with zero attached hydrogens (tertiary/aromatic N) is 2. The van der Waals surface area contributed by atoms with E-state index in [2.05, 4.69) is 27.1 Å². The zero-order chi connectivity index (χ0) is 11.9. The molecular formula is C8H8BFIN2O2P. The van der Waals surface area contributed by atoms with Crippen molar-refractivity contribution in [3.63, 3.8) is 0 Å². The average Bonchev–Trinajstić information content (AvgIpc) is 2.57. The first-order chi connectivity index (χ1) is 7.54. The standard InChI is InChI=1S/C8H8BFIN2O2P/c1-4-2-5-7(3-6(4)10)13(16-11)12-8(5)9(14)15/h2-3,14-16H,1H3. The molecule has 84 valence electrons. The van der Waals surface area contributed by atoms with Gasteiger partial charge in [0.1, 0.15) is 11.4 Å². The normalized spacial score (nSPS) is 11.8. The molecule has 0 aliphatic rings. The first kappa shape index (κ1) is 12.2. The van der Waals surface area contributed by atoms with E-state index in [0.717, 1.165) is 0 Å². The fourth-order valence-electron chi connectivity index (χ4n) is 1.52. The molecule has 2 aromatic rings. The molecule has 1 aromatic carbocycles. The van der Waals surface area contributed by atoms with Gasteiger partial charge < -0.3 is 10.0 Å². The molecular weight excluding hydrogens is 344 g/mol. The Bertz CT molecular complexity index is 548. The summed E-state index contributed by atoms with van der Waals surface area (Å²) in [5, 5.41) is 23.0. The molecule has 0 spiro atoms. The van der Waals surface area contributed by atoms with Gasteiger partial charge in [-0.2, -0.15) is 5.10 Å². The van der Waals surface area contributed by atoms with E-state index < -0.39 is 7.12 Å². The third-order valence-corrected chi connectivity index (χ3v) is 4.19. The van der Waals surface area contributed by atoms with Crippen LogP contribution < -0.4 is 5.59 Å². The second-order valence-electron chi connectivity index (χ2n) is 3.37. The number of hydrogen-bond acceptors (Lipinski definition) is 3. The van der Waals surface area contributed by atoms with Crippen LogP contribution in [0.2, 0.25) is 0 Å². The molecule has 0 radical (unpaired) electrons. The van der Waals surface area contributed by atoms with Crippen LogP contribution in [-0.4, -0.2) is 26.7 Å². The summed E-state index contributed by atoms with van der Waals surface area (Å²) < 4.78 is 15.0. The van der Waals surface area contributed by atoms with Gasteiger partial charge in [-0.25, -0.2) is 8.84 Å². The van der Waals surface area contributed by atoms with E-state index in [0.29, 0.717) is 16.5 Å². The molecule has 0 amide bonds. The fraction of sp³-hybridized carbons (Fsp3) is 0.125. The van der Waals surface area contributed by atoms with Crippen LogP contribution in [0.5, 0.6) is 0 Å². The van der Waals surface area contributed by atoms with Crippen LogP contribution in [0.25, 0.3) is 10.9 Å². The van der Waals surface area contributed by atoms with E-state index in [1.165, 1.54) is 6.07 Å². The maximum Gasteiger partial charge on any atom is 0.510 e. The summed E-state index contributed by atoms with van der Waals surface area (Å²) >= 11 is 2.10. The van der Waals surface area contributed by atoms with Gasteiger partial charge in [0.05, 0.1) is 11.9 Å². The predicted octanol–water partition coefficient (Wildman–Crippen LogP) is 0.955. The van der Waals surface area contributed by atoms with E-state index in [9.17, 15) is 14.4 Å². The van der Waals surface area contributed by atoms with Crippen molar-refractivity contribution in [3.8, 4) is 0 Å². The van der Waals surface area contributed by atoms with Gasteiger partial charge in [-0.15, -0.1) is 0 Å². The first-order valence-corrected chi connectivity index (χ1v) is 8.52. The third-order valence-electron chi connectivity index (χ3n) is 2.31. The SMILES string of the molecule is Cc1cc2c(B(O)O)nn(PI)c2cc1F. The Kier molecular flexibility index (Phi) is 3.49. The van der Waals surface area contributed by atoms with Crippen LogP contribution in [0.4, 0.5) is 4.39 Å². The third kappa shape index (κ3) is 1.97. The number of fused-ring (bicyclic) bond motifs is 1. The van der Waals surface area contributed by atoms with Gasteiger partial charge in [-0.1, -0.05) is 0 Å². The van der Waals surface area contributed by atoms with E-state index in [1.54, 1.807) is 17.4 Å². The minimum Gasteiger partial charge on any atom is -0.422 e. The van der Waals surface area contributed by atoms with Gasteiger partial charge in [-0.3, -0.25) is 0 Å². The largest absolute Gasteiger partial charge is 0.510 e. The van der Waals surface area contributed by atoms with Crippen molar-refractivity contribution in [2.75, 3.05) is 0 Å². The first-order valence-electron chi connectivity index (χ1n) is 4.46. The highest BCUT2D eigenvalue weighted by Crippen LogP contribution is 2.28.